The lowest BCUT2D eigenvalue weighted by atomic mass is 10.1. The Kier molecular flexibility index (Phi) is 4.01. The van der Waals surface area contributed by atoms with Gasteiger partial charge < -0.3 is 20.5 Å². The van der Waals surface area contributed by atoms with Gasteiger partial charge in [0.05, 0.1) is 31.2 Å². The number of carbonyl (C=O) groups is 2. The van der Waals surface area contributed by atoms with Gasteiger partial charge in [-0.05, 0) is 12.1 Å². The van der Waals surface area contributed by atoms with Gasteiger partial charge in [-0.2, -0.15) is 0 Å². The third-order valence-corrected chi connectivity index (χ3v) is 3.12. The van der Waals surface area contributed by atoms with Gasteiger partial charge in [0.15, 0.2) is 0 Å². The molecular formula is C13H16N2O4. The van der Waals surface area contributed by atoms with Crippen molar-refractivity contribution in [2.45, 2.75) is 12.5 Å². The van der Waals surface area contributed by atoms with Gasteiger partial charge in [-0.1, -0.05) is 12.1 Å². The smallest absolute Gasteiger partial charge is 0.305 e. The molecule has 0 saturated carbocycles. The summed E-state index contributed by atoms with van der Waals surface area (Å²) in [6.07, 6.45) is -0.0346. The van der Waals surface area contributed by atoms with Crippen LogP contribution in [0.3, 0.4) is 0 Å². The van der Waals surface area contributed by atoms with E-state index in [1.165, 1.54) is 0 Å². The van der Waals surface area contributed by atoms with Crippen LogP contribution in [0.2, 0.25) is 0 Å². The molecule has 0 bridgehead atoms. The second-order valence-electron chi connectivity index (χ2n) is 4.40. The lowest BCUT2D eigenvalue weighted by Crippen LogP contribution is -2.47. The minimum absolute atomic E-state index is 0.0346. The maximum atomic E-state index is 11.4. The summed E-state index contributed by atoms with van der Waals surface area (Å²) in [5, 5.41) is 8.94. The van der Waals surface area contributed by atoms with Gasteiger partial charge in [0, 0.05) is 12.2 Å². The molecule has 0 aromatic heterocycles. The fraction of sp³-hybridized carbons (Fsp3) is 0.385. The van der Waals surface area contributed by atoms with E-state index in [4.69, 9.17) is 15.6 Å². The van der Waals surface area contributed by atoms with Crippen molar-refractivity contribution in [3.8, 4) is 0 Å². The van der Waals surface area contributed by atoms with Gasteiger partial charge in [-0.3, -0.25) is 9.59 Å². The predicted octanol–water partition coefficient (Wildman–Crippen LogP) is 0.465. The average Bonchev–Trinajstić information content (AvgIpc) is 2.38. The molecule has 1 fully saturated rings. The monoisotopic (exact) mass is 264 g/mol. The molecule has 19 heavy (non-hydrogen) atoms. The number of primary amides is 1. The molecule has 0 aliphatic carbocycles. The van der Waals surface area contributed by atoms with Crippen molar-refractivity contribution in [3.63, 3.8) is 0 Å². The second-order valence-corrected chi connectivity index (χ2v) is 4.40. The van der Waals surface area contributed by atoms with Gasteiger partial charge in [0.25, 0.3) is 5.91 Å². The van der Waals surface area contributed by atoms with Crippen molar-refractivity contribution in [3.05, 3.63) is 29.8 Å². The number of morpholine rings is 1. The van der Waals surface area contributed by atoms with E-state index in [9.17, 15) is 9.59 Å². The maximum Gasteiger partial charge on any atom is 0.305 e. The van der Waals surface area contributed by atoms with Gasteiger partial charge in [-0.25, -0.2) is 0 Å². The minimum Gasteiger partial charge on any atom is -0.481 e. The van der Waals surface area contributed by atoms with Crippen molar-refractivity contribution < 1.29 is 19.4 Å². The molecule has 1 heterocycles. The summed E-state index contributed by atoms with van der Waals surface area (Å²) >= 11 is 0. The van der Waals surface area contributed by atoms with Crippen molar-refractivity contribution in [1.29, 1.82) is 0 Å². The highest BCUT2D eigenvalue weighted by Crippen LogP contribution is 2.25. The Morgan fingerprint density at radius 2 is 2.16 bits per heavy atom. The SMILES string of the molecule is NC(=O)c1ccccc1N1CCOCC1CC(=O)O. The number of carbonyl (C=O) groups excluding carboxylic acids is 1. The Morgan fingerprint density at radius 3 is 2.84 bits per heavy atom. The largest absolute Gasteiger partial charge is 0.481 e. The first-order valence-corrected chi connectivity index (χ1v) is 6.04. The number of amides is 1. The summed E-state index contributed by atoms with van der Waals surface area (Å²) in [6.45, 7) is 1.38. The molecule has 1 aromatic rings. The number of nitrogens with two attached hydrogens (primary N) is 1. The zero-order valence-electron chi connectivity index (χ0n) is 10.4. The number of carboxylic acids is 1. The van der Waals surface area contributed by atoms with Crippen LogP contribution in [0.15, 0.2) is 24.3 Å². The van der Waals surface area contributed by atoms with Gasteiger partial charge >= 0.3 is 5.97 Å². The summed E-state index contributed by atoms with van der Waals surface area (Å²) < 4.78 is 5.31. The molecule has 1 aromatic carbocycles. The Morgan fingerprint density at radius 1 is 1.42 bits per heavy atom. The van der Waals surface area contributed by atoms with Crippen LogP contribution >= 0.6 is 0 Å². The Labute approximate surface area is 110 Å². The van der Waals surface area contributed by atoms with E-state index < -0.39 is 11.9 Å². The fourth-order valence-electron chi connectivity index (χ4n) is 2.28. The third-order valence-electron chi connectivity index (χ3n) is 3.12. The molecule has 102 valence electrons. The van der Waals surface area contributed by atoms with Crippen LogP contribution in [0.25, 0.3) is 0 Å². The molecule has 0 radical (unpaired) electrons. The summed E-state index contributed by atoms with van der Waals surface area (Å²) in [5.41, 5.74) is 6.43. The first kappa shape index (κ1) is 13.4. The summed E-state index contributed by atoms with van der Waals surface area (Å²) in [7, 11) is 0. The minimum atomic E-state index is -0.892. The van der Waals surface area contributed by atoms with Crippen LogP contribution in [0, 0.1) is 0 Å². The number of rotatable bonds is 4. The standard InChI is InChI=1S/C13H16N2O4/c14-13(18)10-3-1-2-4-11(10)15-5-6-19-8-9(15)7-12(16)17/h1-4,9H,5-8H2,(H2,14,18)(H,16,17). The van der Waals surface area contributed by atoms with Crippen molar-refractivity contribution >= 4 is 17.6 Å². The number of hydrogen-bond acceptors (Lipinski definition) is 4. The quantitative estimate of drug-likeness (QED) is 0.824. The van der Waals surface area contributed by atoms with E-state index in [0.29, 0.717) is 31.0 Å². The third kappa shape index (κ3) is 3.03. The van der Waals surface area contributed by atoms with Gasteiger partial charge in [-0.15, -0.1) is 0 Å². The van der Waals surface area contributed by atoms with Crippen molar-refractivity contribution in [2.75, 3.05) is 24.7 Å². The molecular weight excluding hydrogens is 248 g/mol. The van der Waals surface area contributed by atoms with E-state index in [-0.39, 0.29) is 12.5 Å². The number of nitrogens with zero attached hydrogens (tertiary/aromatic N) is 1. The van der Waals surface area contributed by atoms with Crippen LogP contribution in [-0.2, 0) is 9.53 Å². The molecule has 1 atom stereocenters. The molecule has 3 N–H and O–H groups in total. The molecule has 2 rings (SSSR count). The lowest BCUT2D eigenvalue weighted by Gasteiger charge is -2.37. The Balaban J connectivity index is 2.32. The van der Waals surface area contributed by atoms with Crippen LogP contribution < -0.4 is 10.6 Å². The molecule has 6 nitrogen and oxygen atoms in total. The summed E-state index contributed by atoms with van der Waals surface area (Å²) in [4.78, 5) is 24.2. The highest BCUT2D eigenvalue weighted by Gasteiger charge is 2.27. The number of hydrogen-bond donors (Lipinski definition) is 2. The number of benzene rings is 1. The zero-order chi connectivity index (χ0) is 13.8. The van der Waals surface area contributed by atoms with E-state index in [1.54, 1.807) is 24.3 Å². The van der Waals surface area contributed by atoms with E-state index in [1.807, 2.05) is 4.90 Å². The number of carboxylic acid groups (broad SMARTS) is 1. The maximum absolute atomic E-state index is 11.4. The number of anilines is 1. The highest BCUT2D eigenvalue weighted by atomic mass is 16.5. The predicted molar refractivity (Wildman–Crippen MR) is 69.2 cm³/mol. The van der Waals surface area contributed by atoms with Crippen LogP contribution in [0.4, 0.5) is 5.69 Å². The summed E-state index contributed by atoms with van der Waals surface area (Å²) in [6, 6.07) is 6.67. The van der Waals surface area contributed by atoms with E-state index in [0.717, 1.165) is 0 Å². The Bertz CT molecular complexity index is 489. The lowest BCUT2D eigenvalue weighted by molar-refractivity contribution is -0.138. The highest BCUT2D eigenvalue weighted by molar-refractivity contribution is 5.98. The molecule has 6 heteroatoms. The topological polar surface area (TPSA) is 92.9 Å². The van der Waals surface area contributed by atoms with E-state index in [2.05, 4.69) is 0 Å². The molecule has 0 spiro atoms. The fourth-order valence-corrected chi connectivity index (χ4v) is 2.28. The van der Waals surface area contributed by atoms with Crippen LogP contribution in [0.5, 0.6) is 0 Å². The van der Waals surface area contributed by atoms with Crippen molar-refractivity contribution in [1.82, 2.24) is 0 Å². The first-order valence-electron chi connectivity index (χ1n) is 6.04. The second kappa shape index (κ2) is 5.71. The first-order chi connectivity index (χ1) is 9.09. The molecule has 1 amide bonds. The van der Waals surface area contributed by atoms with Gasteiger partial charge in [0.2, 0.25) is 0 Å². The van der Waals surface area contributed by atoms with Crippen LogP contribution in [0.1, 0.15) is 16.8 Å². The van der Waals surface area contributed by atoms with Crippen molar-refractivity contribution in [2.24, 2.45) is 5.73 Å². The van der Waals surface area contributed by atoms with Gasteiger partial charge in [0.1, 0.15) is 0 Å². The molecule has 1 aliphatic heterocycles. The molecule has 1 unspecified atom stereocenters. The molecule has 1 saturated heterocycles. The van der Waals surface area contributed by atoms with Crippen LogP contribution in [-0.4, -0.2) is 42.8 Å². The Hall–Kier alpha value is -2.08. The molecule has 1 aliphatic rings. The number of aliphatic carboxylic acids is 1. The summed E-state index contributed by atoms with van der Waals surface area (Å²) in [5.74, 6) is -1.41. The zero-order valence-corrected chi connectivity index (χ0v) is 10.4. The normalized spacial score (nSPS) is 19.2. The van der Waals surface area contributed by atoms with E-state index >= 15 is 0 Å². The number of para-hydroxylation sites is 1. The average molecular weight is 264 g/mol. The number of ether oxygens (including phenoxy) is 1.